The van der Waals surface area contributed by atoms with E-state index < -0.39 is 5.91 Å². The number of carbonyl (C=O) groups is 2. The zero-order valence-electron chi connectivity index (χ0n) is 11.4. The van der Waals surface area contributed by atoms with Gasteiger partial charge in [0.15, 0.2) is 0 Å². The third-order valence-corrected chi connectivity index (χ3v) is 3.69. The predicted molar refractivity (Wildman–Crippen MR) is 92.4 cm³/mol. The molecule has 1 amide bonds. The molecule has 2 rings (SSSR count). The van der Waals surface area contributed by atoms with Crippen LogP contribution in [0.15, 0.2) is 36.4 Å². The number of hydrogen-bond acceptors (Lipinski definition) is 4. The number of benzene rings is 2. The van der Waals surface area contributed by atoms with Crippen LogP contribution in [0.4, 0.5) is 5.69 Å². The van der Waals surface area contributed by atoms with E-state index in [-0.39, 0.29) is 15.1 Å². The largest absolute Gasteiger partial charge is 0.507 e. The van der Waals surface area contributed by atoms with Crippen LogP contribution in [-0.2, 0) is 0 Å². The number of methoxy groups -OCH3 is 1. The lowest BCUT2D eigenvalue weighted by molar-refractivity contribution is 0.102. The number of phenolic OH excluding ortho intramolecular Hbond substituents is 1. The maximum Gasteiger partial charge on any atom is 0.259 e. The van der Waals surface area contributed by atoms with E-state index in [1.807, 2.05) is 0 Å². The highest BCUT2D eigenvalue weighted by atomic mass is 127. The molecular weight excluding hydrogens is 421 g/mol. The van der Waals surface area contributed by atoms with E-state index in [1.165, 1.54) is 31.4 Å². The second-order valence-electron chi connectivity index (χ2n) is 4.30. The fraction of sp³-hybridized carbons (Fsp3) is 0.0667. The van der Waals surface area contributed by atoms with Crippen molar-refractivity contribution in [3.63, 3.8) is 0 Å². The first-order valence-electron chi connectivity index (χ1n) is 6.10. The molecule has 2 N–H and O–H groups in total. The van der Waals surface area contributed by atoms with Gasteiger partial charge in [-0.3, -0.25) is 9.59 Å². The molecule has 0 aromatic heterocycles. The lowest BCUT2D eigenvalue weighted by Crippen LogP contribution is -2.12. The first-order valence-corrected chi connectivity index (χ1v) is 7.55. The molecule has 5 nitrogen and oxygen atoms in total. The van der Waals surface area contributed by atoms with Crippen molar-refractivity contribution >= 4 is 49.6 Å². The Balaban J connectivity index is 2.30. The lowest BCUT2D eigenvalue weighted by Gasteiger charge is -2.10. The summed E-state index contributed by atoms with van der Waals surface area (Å²) < 4.78 is 4.88. The number of rotatable bonds is 4. The molecule has 7 heteroatoms. The summed E-state index contributed by atoms with van der Waals surface area (Å²) in [6, 6.07) is 8.87. The van der Waals surface area contributed by atoms with E-state index in [0.29, 0.717) is 22.0 Å². The zero-order chi connectivity index (χ0) is 16.3. The molecule has 0 radical (unpaired) electrons. The molecule has 0 aliphatic carbocycles. The Kier molecular flexibility index (Phi) is 5.25. The van der Waals surface area contributed by atoms with Crippen LogP contribution in [0.3, 0.4) is 0 Å². The van der Waals surface area contributed by atoms with E-state index in [1.54, 1.807) is 34.7 Å². The number of amides is 1. The minimum absolute atomic E-state index is 0.0469. The molecule has 0 bridgehead atoms. The van der Waals surface area contributed by atoms with Crippen molar-refractivity contribution in [3.05, 3.63) is 52.5 Å². The Labute approximate surface area is 145 Å². The fourth-order valence-corrected chi connectivity index (χ4v) is 2.42. The number of anilines is 1. The van der Waals surface area contributed by atoms with Gasteiger partial charge in [0.1, 0.15) is 11.5 Å². The van der Waals surface area contributed by atoms with Crippen LogP contribution in [0, 0.1) is 0 Å². The van der Waals surface area contributed by atoms with E-state index in [0.717, 1.165) is 0 Å². The summed E-state index contributed by atoms with van der Waals surface area (Å²) >= 11 is 7.46. The van der Waals surface area contributed by atoms with Crippen molar-refractivity contribution in [1.29, 1.82) is 0 Å². The number of halogens is 2. The van der Waals surface area contributed by atoms with Gasteiger partial charge in [-0.15, -0.1) is 0 Å². The van der Waals surface area contributed by atoms with Crippen molar-refractivity contribution in [2.24, 2.45) is 0 Å². The van der Waals surface area contributed by atoms with Gasteiger partial charge < -0.3 is 15.2 Å². The van der Waals surface area contributed by atoms with Crippen LogP contribution in [0.1, 0.15) is 20.7 Å². The molecule has 22 heavy (non-hydrogen) atoms. The maximum atomic E-state index is 12.2. The smallest absolute Gasteiger partial charge is 0.259 e. The third-order valence-electron chi connectivity index (χ3n) is 2.87. The van der Waals surface area contributed by atoms with Gasteiger partial charge in [0, 0.05) is 33.3 Å². The van der Waals surface area contributed by atoms with Gasteiger partial charge in [0.25, 0.3) is 5.91 Å². The molecule has 0 spiro atoms. The Hall–Kier alpha value is -1.80. The van der Waals surface area contributed by atoms with Gasteiger partial charge in [-0.05, 0) is 36.4 Å². The van der Waals surface area contributed by atoms with E-state index in [2.05, 4.69) is 5.32 Å². The van der Waals surface area contributed by atoms with Gasteiger partial charge in [-0.1, -0.05) is 11.6 Å². The minimum Gasteiger partial charge on any atom is -0.507 e. The minimum atomic E-state index is -0.531. The van der Waals surface area contributed by atoms with Crippen molar-refractivity contribution in [2.75, 3.05) is 12.4 Å². The summed E-state index contributed by atoms with van der Waals surface area (Å²) in [6.07, 6.45) is 0. The molecule has 0 aliphatic heterocycles. The van der Waals surface area contributed by atoms with Crippen LogP contribution in [0.2, 0.25) is 5.02 Å². The average molecular weight is 432 g/mol. The normalized spacial score (nSPS) is 10.1. The van der Waals surface area contributed by atoms with Crippen molar-refractivity contribution in [2.45, 2.75) is 0 Å². The molecule has 0 unspecified atom stereocenters. The Bertz CT molecular complexity index is 748. The van der Waals surface area contributed by atoms with Gasteiger partial charge in [0.2, 0.25) is 3.79 Å². The third kappa shape index (κ3) is 3.69. The summed E-state index contributed by atoms with van der Waals surface area (Å²) in [4.78, 5) is 23.7. The van der Waals surface area contributed by atoms with Crippen molar-refractivity contribution in [3.8, 4) is 11.5 Å². The molecule has 0 aliphatic rings. The Morgan fingerprint density at radius 1 is 1.18 bits per heavy atom. The van der Waals surface area contributed by atoms with Crippen molar-refractivity contribution in [1.82, 2.24) is 0 Å². The molecule has 0 heterocycles. The van der Waals surface area contributed by atoms with Crippen LogP contribution < -0.4 is 10.1 Å². The summed E-state index contributed by atoms with van der Waals surface area (Å²) in [5.74, 6) is -0.291. The predicted octanol–water partition coefficient (Wildman–Crippen LogP) is 3.88. The SMILES string of the molecule is COc1ccc(NC(=O)c2cc(Cl)ccc2O)cc1C(=O)I. The number of carbonyl (C=O) groups excluding carboxylic acids is 2. The first-order chi connectivity index (χ1) is 10.4. The summed E-state index contributed by atoms with van der Waals surface area (Å²) in [5.41, 5.74) is 0.798. The Morgan fingerprint density at radius 3 is 2.55 bits per heavy atom. The van der Waals surface area contributed by atoms with Crippen LogP contribution in [0.25, 0.3) is 0 Å². The number of aromatic hydroxyl groups is 1. The molecule has 114 valence electrons. The van der Waals surface area contributed by atoms with Gasteiger partial charge in [-0.2, -0.15) is 0 Å². The van der Waals surface area contributed by atoms with Gasteiger partial charge in [0.05, 0.1) is 18.2 Å². The second kappa shape index (κ2) is 6.97. The first kappa shape index (κ1) is 16.6. The van der Waals surface area contributed by atoms with Gasteiger partial charge in [-0.25, -0.2) is 0 Å². The monoisotopic (exact) mass is 431 g/mol. The van der Waals surface area contributed by atoms with E-state index in [4.69, 9.17) is 16.3 Å². The molecule has 0 fully saturated rings. The highest BCUT2D eigenvalue weighted by Gasteiger charge is 2.15. The summed E-state index contributed by atoms with van der Waals surface area (Å²) in [7, 11) is 1.46. The molecular formula is C15H11ClINO4. The second-order valence-corrected chi connectivity index (χ2v) is 5.72. The molecule has 2 aromatic carbocycles. The highest BCUT2D eigenvalue weighted by molar-refractivity contribution is 14.1. The molecule has 0 atom stereocenters. The molecule has 2 aromatic rings. The van der Waals surface area contributed by atoms with Crippen LogP contribution >= 0.6 is 34.2 Å². The number of hydrogen-bond donors (Lipinski definition) is 2. The average Bonchev–Trinajstić information content (AvgIpc) is 2.49. The van der Waals surface area contributed by atoms with Crippen LogP contribution in [0.5, 0.6) is 11.5 Å². The fourth-order valence-electron chi connectivity index (χ4n) is 1.83. The van der Waals surface area contributed by atoms with Gasteiger partial charge >= 0.3 is 0 Å². The number of phenols is 1. The van der Waals surface area contributed by atoms with E-state index in [9.17, 15) is 14.7 Å². The van der Waals surface area contributed by atoms with Crippen molar-refractivity contribution < 1.29 is 19.4 Å². The molecule has 0 saturated carbocycles. The summed E-state index contributed by atoms with van der Waals surface area (Å²) in [6.45, 7) is 0. The maximum absolute atomic E-state index is 12.2. The zero-order valence-corrected chi connectivity index (χ0v) is 14.3. The lowest BCUT2D eigenvalue weighted by atomic mass is 10.1. The van der Waals surface area contributed by atoms with E-state index >= 15 is 0 Å². The summed E-state index contributed by atoms with van der Waals surface area (Å²) in [5, 5.41) is 12.7. The number of ether oxygens (including phenoxy) is 1. The standard InChI is InChI=1S/C15H11ClINO4/c1-22-13-5-3-9(7-11(13)14(17)20)18-15(21)10-6-8(16)2-4-12(10)19/h2-7,19H,1H3,(H,18,21). The molecule has 0 saturated heterocycles. The quantitative estimate of drug-likeness (QED) is 0.569. The number of nitrogens with one attached hydrogen (secondary N) is 1. The topological polar surface area (TPSA) is 75.6 Å². The highest BCUT2D eigenvalue weighted by Crippen LogP contribution is 2.27. The Morgan fingerprint density at radius 2 is 1.91 bits per heavy atom. The van der Waals surface area contributed by atoms with Crippen LogP contribution in [-0.4, -0.2) is 21.9 Å².